The fraction of sp³-hybridized carbons (Fsp3) is 0.417. The van der Waals surface area contributed by atoms with E-state index in [1.165, 1.54) is 10.5 Å². The maximum Gasteiger partial charge on any atom is 0.261 e. The second kappa shape index (κ2) is 12.0. The Morgan fingerprint density at radius 2 is 1.71 bits per heavy atom. The second-order valence-corrected chi connectivity index (χ2v) is 8.42. The largest absolute Gasteiger partial charge is 0.484 e. The second-order valence-electron chi connectivity index (χ2n) is 7.60. The van der Waals surface area contributed by atoms with Crippen LogP contribution in [-0.2, 0) is 16.1 Å². The highest BCUT2D eigenvalue weighted by molar-refractivity contribution is 6.42. The first-order chi connectivity index (χ1) is 14.8. The number of benzene rings is 2. The first-order valence-corrected chi connectivity index (χ1v) is 11.3. The molecule has 5 nitrogen and oxygen atoms in total. The van der Waals surface area contributed by atoms with Gasteiger partial charge in [0.15, 0.2) is 6.61 Å². The molecule has 0 saturated carbocycles. The number of nitrogens with zero attached hydrogens (tertiary/aromatic N) is 1. The molecule has 168 valence electrons. The minimum Gasteiger partial charge on any atom is -0.484 e. The van der Waals surface area contributed by atoms with E-state index in [1.54, 1.807) is 18.2 Å². The molecule has 0 spiro atoms. The number of halogens is 2. The molecule has 0 heterocycles. The lowest BCUT2D eigenvalue weighted by molar-refractivity contribution is -0.142. The molecule has 2 rings (SSSR count). The third kappa shape index (κ3) is 7.15. The molecule has 0 radical (unpaired) electrons. The molecule has 0 bridgehead atoms. The Kier molecular flexibility index (Phi) is 9.66. The number of carbonyl (C=O) groups excluding carboxylic acids is 2. The van der Waals surface area contributed by atoms with Gasteiger partial charge in [-0.15, -0.1) is 0 Å². The maximum absolute atomic E-state index is 13.1. The van der Waals surface area contributed by atoms with Crippen LogP contribution < -0.4 is 10.1 Å². The summed E-state index contributed by atoms with van der Waals surface area (Å²) in [6, 6.07) is 12.3. The normalized spacial score (nSPS) is 11.8. The minimum atomic E-state index is -0.617. The highest BCUT2D eigenvalue weighted by Crippen LogP contribution is 2.24. The fourth-order valence-electron chi connectivity index (χ4n) is 3.22. The molecule has 0 aromatic heterocycles. The summed E-state index contributed by atoms with van der Waals surface area (Å²) in [7, 11) is 0. The summed E-state index contributed by atoms with van der Waals surface area (Å²) in [6.07, 6.45) is 0.474. The molecule has 0 unspecified atom stereocenters. The van der Waals surface area contributed by atoms with E-state index in [0.29, 0.717) is 34.7 Å². The summed E-state index contributed by atoms with van der Waals surface area (Å²) in [5, 5.41) is 3.65. The van der Waals surface area contributed by atoms with Gasteiger partial charge in [0.05, 0.1) is 10.0 Å². The van der Waals surface area contributed by atoms with E-state index in [9.17, 15) is 9.59 Å². The molecular formula is C24H30Cl2N2O3. The highest BCUT2D eigenvalue weighted by atomic mass is 35.5. The monoisotopic (exact) mass is 464 g/mol. The Labute approximate surface area is 194 Å². The van der Waals surface area contributed by atoms with Gasteiger partial charge in [-0.3, -0.25) is 9.59 Å². The Hall–Kier alpha value is -2.24. The van der Waals surface area contributed by atoms with Crippen molar-refractivity contribution in [1.29, 1.82) is 0 Å². The average Bonchev–Trinajstić information content (AvgIpc) is 2.74. The molecule has 2 aromatic carbocycles. The number of ether oxygens (including phenoxy) is 1. The van der Waals surface area contributed by atoms with Crippen molar-refractivity contribution in [2.75, 3.05) is 13.2 Å². The minimum absolute atomic E-state index is 0.168. The summed E-state index contributed by atoms with van der Waals surface area (Å²) in [6.45, 7) is 8.50. The highest BCUT2D eigenvalue weighted by Gasteiger charge is 2.28. The van der Waals surface area contributed by atoms with Crippen molar-refractivity contribution in [1.82, 2.24) is 10.2 Å². The van der Waals surface area contributed by atoms with Crippen LogP contribution in [0.15, 0.2) is 42.5 Å². The van der Waals surface area contributed by atoms with Gasteiger partial charge in [-0.25, -0.2) is 0 Å². The lowest BCUT2D eigenvalue weighted by Gasteiger charge is -2.30. The van der Waals surface area contributed by atoms with Gasteiger partial charge in [-0.05, 0) is 54.7 Å². The average molecular weight is 465 g/mol. The van der Waals surface area contributed by atoms with Crippen molar-refractivity contribution in [2.24, 2.45) is 0 Å². The van der Waals surface area contributed by atoms with Gasteiger partial charge < -0.3 is 15.0 Å². The molecule has 1 atom stereocenters. The van der Waals surface area contributed by atoms with E-state index in [2.05, 4.69) is 19.2 Å². The van der Waals surface area contributed by atoms with Gasteiger partial charge in [0, 0.05) is 13.1 Å². The first-order valence-electron chi connectivity index (χ1n) is 10.5. The molecule has 0 aliphatic rings. The number of amides is 2. The third-order valence-corrected chi connectivity index (χ3v) is 5.72. The van der Waals surface area contributed by atoms with Crippen LogP contribution in [0.25, 0.3) is 0 Å². The number of hydrogen-bond donors (Lipinski definition) is 1. The zero-order valence-electron chi connectivity index (χ0n) is 18.5. The van der Waals surface area contributed by atoms with Gasteiger partial charge in [0.2, 0.25) is 5.91 Å². The van der Waals surface area contributed by atoms with Crippen molar-refractivity contribution in [3.05, 3.63) is 63.6 Å². The predicted octanol–water partition coefficient (Wildman–Crippen LogP) is 5.44. The van der Waals surface area contributed by atoms with E-state index < -0.39 is 6.04 Å². The molecule has 2 aromatic rings. The Morgan fingerprint density at radius 3 is 2.26 bits per heavy atom. The summed E-state index contributed by atoms with van der Waals surface area (Å²) >= 11 is 12.2. The van der Waals surface area contributed by atoms with E-state index in [-0.39, 0.29) is 25.0 Å². The van der Waals surface area contributed by atoms with Crippen LogP contribution in [0, 0.1) is 0 Å². The van der Waals surface area contributed by atoms with Crippen LogP contribution >= 0.6 is 23.2 Å². The van der Waals surface area contributed by atoms with Gasteiger partial charge in [0.25, 0.3) is 5.91 Å². The molecule has 2 amide bonds. The van der Waals surface area contributed by atoms with Crippen LogP contribution in [0.1, 0.15) is 51.2 Å². The van der Waals surface area contributed by atoms with Crippen LogP contribution in [-0.4, -0.2) is 35.9 Å². The van der Waals surface area contributed by atoms with E-state index in [1.807, 2.05) is 38.1 Å². The molecule has 0 aliphatic carbocycles. The molecule has 0 saturated heterocycles. The zero-order chi connectivity index (χ0) is 23.0. The Morgan fingerprint density at radius 1 is 1.03 bits per heavy atom. The fourth-order valence-corrected chi connectivity index (χ4v) is 3.54. The third-order valence-electron chi connectivity index (χ3n) is 4.98. The van der Waals surface area contributed by atoms with Crippen molar-refractivity contribution in [3.63, 3.8) is 0 Å². The van der Waals surface area contributed by atoms with Crippen LogP contribution in [0.4, 0.5) is 0 Å². The van der Waals surface area contributed by atoms with Crippen LogP contribution in [0.5, 0.6) is 5.75 Å². The van der Waals surface area contributed by atoms with E-state index in [0.717, 1.165) is 5.56 Å². The number of carbonyl (C=O) groups is 2. The quantitative estimate of drug-likeness (QED) is 0.509. The Bertz CT molecular complexity index is 885. The maximum atomic E-state index is 13.1. The van der Waals surface area contributed by atoms with Gasteiger partial charge >= 0.3 is 0 Å². The SMILES string of the molecule is CCNC(=O)[C@@H](CC)N(Cc1ccc(Cl)c(Cl)c1)C(=O)COc1ccc(C(C)C)cc1. The van der Waals surface area contributed by atoms with Crippen molar-refractivity contribution < 1.29 is 14.3 Å². The standard InChI is InChI=1S/C24H30Cl2N2O3/c1-5-22(24(30)27-6-2)28(14-17-7-12-20(25)21(26)13-17)23(29)15-31-19-10-8-18(9-11-19)16(3)4/h7-13,16,22H,5-6,14-15H2,1-4H3,(H,27,30)/t22-/m1/s1. The summed E-state index contributed by atoms with van der Waals surface area (Å²) in [5.74, 6) is 0.551. The molecule has 1 N–H and O–H groups in total. The van der Waals surface area contributed by atoms with Gasteiger partial charge in [-0.1, -0.05) is 62.2 Å². The van der Waals surface area contributed by atoms with Gasteiger partial charge in [0.1, 0.15) is 11.8 Å². The number of rotatable bonds is 10. The number of nitrogens with one attached hydrogen (secondary N) is 1. The van der Waals surface area contributed by atoms with Crippen molar-refractivity contribution in [3.8, 4) is 5.75 Å². The van der Waals surface area contributed by atoms with Crippen molar-refractivity contribution >= 4 is 35.0 Å². The summed E-state index contributed by atoms with van der Waals surface area (Å²) < 4.78 is 5.73. The molecular weight excluding hydrogens is 435 g/mol. The Balaban J connectivity index is 2.19. The van der Waals surface area contributed by atoms with E-state index in [4.69, 9.17) is 27.9 Å². The molecule has 7 heteroatoms. The molecule has 0 fully saturated rings. The van der Waals surface area contributed by atoms with Gasteiger partial charge in [-0.2, -0.15) is 0 Å². The number of likely N-dealkylation sites (N-methyl/N-ethyl adjacent to an activating group) is 1. The van der Waals surface area contributed by atoms with Crippen molar-refractivity contribution in [2.45, 2.75) is 52.6 Å². The molecule has 0 aliphatic heterocycles. The van der Waals surface area contributed by atoms with Crippen LogP contribution in [0.3, 0.4) is 0 Å². The summed E-state index contributed by atoms with van der Waals surface area (Å²) in [4.78, 5) is 27.3. The topological polar surface area (TPSA) is 58.6 Å². The lowest BCUT2D eigenvalue weighted by atomic mass is 10.0. The smallest absolute Gasteiger partial charge is 0.261 e. The molecule has 31 heavy (non-hydrogen) atoms. The zero-order valence-corrected chi connectivity index (χ0v) is 20.0. The summed E-state index contributed by atoms with van der Waals surface area (Å²) in [5.41, 5.74) is 1.98. The van der Waals surface area contributed by atoms with Crippen LogP contribution in [0.2, 0.25) is 10.0 Å². The number of hydrogen-bond acceptors (Lipinski definition) is 3. The predicted molar refractivity (Wildman–Crippen MR) is 126 cm³/mol. The lowest BCUT2D eigenvalue weighted by Crippen LogP contribution is -2.50. The first kappa shape index (κ1) is 25.0. The van der Waals surface area contributed by atoms with E-state index >= 15 is 0 Å².